The van der Waals surface area contributed by atoms with Crippen molar-refractivity contribution in [3.63, 3.8) is 0 Å². The van der Waals surface area contributed by atoms with Gasteiger partial charge in [0.1, 0.15) is 22.8 Å². The molecule has 0 radical (unpaired) electrons. The minimum Gasteiger partial charge on any atom is -0.507 e. The maximum atomic E-state index is 13.7. The lowest BCUT2D eigenvalue weighted by Crippen LogP contribution is -2.61. The smallest absolute Gasteiger partial charge is 0.307 e. The second kappa shape index (κ2) is 8.59. The Balaban J connectivity index is 1.88. The number of phenols is 1. The fraction of sp³-hybridized carbons (Fsp3) is 0.400. The third kappa shape index (κ3) is 3.67. The van der Waals surface area contributed by atoms with E-state index in [2.05, 4.69) is 0 Å². The molecule has 0 heterocycles. The average Bonchev–Trinajstić information content (AvgIpc) is 2.75. The number of imide groups is 1. The van der Waals surface area contributed by atoms with E-state index in [1.807, 2.05) is 5.32 Å². The third-order valence-electron chi connectivity index (χ3n) is 6.92. The van der Waals surface area contributed by atoms with Crippen LogP contribution in [0.2, 0.25) is 0 Å². The molecule has 0 bridgehead atoms. The van der Waals surface area contributed by atoms with Crippen LogP contribution in [0.15, 0.2) is 29.0 Å². The molecule has 1 fully saturated rings. The molecule has 2 amide bonds. The average molecular weight is 498 g/mol. The first-order chi connectivity index (χ1) is 16.8. The van der Waals surface area contributed by atoms with Crippen molar-refractivity contribution >= 4 is 40.8 Å². The van der Waals surface area contributed by atoms with Gasteiger partial charge in [0, 0.05) is 51.5 Å². The number of nitrogens with one attached hydrogen (secondary N) is 1. The number of anilines is 1. The number of hydrogen-bond acceptors (Lipinski definition) is 10. The van der Waals surface area contributed by atoms with Gasteiger partial charge < -0.3 is 25.0 Å². The molecule has 4 rings (SSSR count). The van der Waals surface area contributed by atoms with Crippen molar-refractivity contribution in [2.75, 3.05) is 19.0 Å². The molecule has 1 aromatic carbocycles. The van der Waals surface area contributed by atoms with Crippen LogP contribution in [0.3, 0.4) is 0 Å². The summed E-state index contributed by atoms with van der Waals surface area (Å²) in [7, 11) is 3.58. The number of phenolic OH excluding ortho intramolecular Hbond substituents is 1. The van der Waals surface area contributed by atoms with Gasteiger partial charge >= 0.3 is 5.97 Å². The minimum atomic E-state index is -2.74. The lowest BCUT2D eigenvalue weighted by atomic mass is 9.58. The van der Waals surface area contributed by atoms with Gasteiger partial charge in [-0.1, -0.05) is 0 Å². The van der Waals surface area contributed by atoms with Crippen molar-refractivity contribution in [1.82, 2.24) is 5.32 Å². The number of amides is 2. The Morgan fingerprint density at radius 2 is 1.75 bits per heavy atom. The Morgan fingerprint density at radius 3 is 2.33 bits per heavy atom. The highest BCUT2D eigenvalue weighted by molar-refractivity contribution is 6.34. The lowest BCUT2D eigenvalue weighted by Gasteiger charge is -2.46. The zero-order valence-corrected chi connectivity index (χ0v) is 20.2. The number of aromatic hydroxyl groups is 1. The Morgan fingerprint density at radius 1 is 1.08 bits per heavy atom. The second-order valence-corrected chi connectivity index (χ2v) is 9.48. The van der Waals surface area contributed by atoms with Gasteiger partial charge in [-0.3, -0.25) is 29.3 Å². The number of ether oxygens (including phenoxy) is 1. The molecule has 3 unspecified atom stereocenters. The van der Waals surface area contributed by atoms with Crippen LogP contribution in [0.5, 0.6) is 5.75 Å². The van der Waals surface area contributed by atoms with E-state index >= 15 is 0 Å². The predicted octanol–water partition coefficient (Wildman–Crippen LogP) is 0.672. The number of rotatable bonds is 3. The van der Waals surface area contributed by atoms with Crippen LogP contribution < -0.4 is 10.2 Å². The van der Waals surface area contributed by atoms with Crippen LogP contribution in [0.25, 0.3) is 5.76 Å². The molecule has 1 aromatic rings. The van der Waals surface area contributed by atoms with Crippen LogP contribution in [0.1, 0.15) is 37.8 Å². The number of ketones is 2. The number of aliphatic hydroxyl groups excluding tert-OH is 1. The Labute approximate surface area is 206 Å². The lowest BCUT2D eigenvalue weighted by molar-refractivity contribution is -0.159. The second-order valence-electron chi connectivity index (χ2n) is 9.48. The summed E-state index contributed by atoms with van der Waals surface area (Å²) in [6.45, 7) is 2.10. The van der Waals surface area contributed by atoms with Crippen molar-refractivity contribution < 1.29 is 44.0 Å². The molecule has 4 N–H and O–H groups in total. The van der Waals surface area contributed by atoms with E-state index in [1.165, 1.54) is 6.07 Å². The molecular formula is C25H26N2O9. The summed E-state index contributed by atoms with van der Waals surface area (Å²) in [5, 5.41) is 35.0. The first kappa shape index (κ1) is 25.1. The standard InChI is InChI=1S/C25H26N2O9/c1-10(28)26-24(34)20-17(36-11(2)29)9-13-7-12-8-14-15(27(3)4)5-6-16(30)19(14)21(31)18(12)22(32)25(13,35)23(20)33/h5-6,12-13,30-31,35H,7-9H2,1-4H3,(H,26,28,34). The van der Waals surface area contributed by atoms with Gasteiger partial charge in [0.05, 0.1) is 5.56 Å². The molecule has 190 valence electrons. The number of carbonyl (C=O) groups excluding carboxylic acids is 5. The maximum Gasteiger partial charge on any atom is 0.307 e. The molecule has 1 saturated carbocycles. The molecule has 36 heavy (non-hydrogen) atoms. The van der Waals surface area contributed by atoms with Crippen molar-refractivity contribution in [2.45, 2.75) is 38.7 Å². The molecule has 0 spiro atoms. The van der Waals surface area contributed by atoms with E-state index in [1.54, 1.807) is 25.1 Å². The number of carbonyl (C=O) groups is 5. The monoisotopic (exact) mass is 498 g/mol. The number of aliphatic hydroxyl groups is 2. The van der Waals surface area contributed by atoms with Gasteiger partial charge in [-0.05, 0) is 36.5 Å². The first-order valence-corrected chi connectivity index (χ1v) is 11.3. The molecule has 11 heteroatoms. The number of esters is 1. The molecule has 3 atom stereocenters. The van der Waals surface area contributed by atoms with Crippen molar-refractivity contribution in [3.8, 4) is 5.75 Å². The molecule has 11 nitrogen and oxygen atoms in total. The fourth-order valence-corrected chi connectivity index (χ4v) is 5.47. The summed E-state index contributed by atoms with van der Waals surface area (Å²) in [5.74, 6) is -8.10. The molecular weight excluding hydrogens is 472 g/mol. The Hall–Kier alpha value is -3.99. The zero-order chi connectivity index (χ0) is 26.7. The normalized spacial score (nSPS) is 25.0. The summed E-state index contributed by atoms with van der Waals surface area (Å²) in [5.41, 5.74) is -2.41. The minimum absolute atomic E-state index is 0.0387. The van der Waals surface area contributed by atoms with Crippen LogP contribution in [0.4, 0.5) is 5.69 Å². The van der Waals surface area contributed by atoms with Gasteiger partial charge in [-0.2, -0.15) is 0 Å². The molecule has 0 aromatic heterocycles. The molecule has 3 aliphatic rings. The van der Waals surface area contributed by atoms with E-state index in [0.29, 0.717) is 11.3 Å². The van der Waals surface area contributed by atoms with Crippen LogP contribution >= 0.6 is 0 Å². The van der Waals surface area contributed by atoms with Gasteiger partial charge in [-0.25, -0.2) is 0 Å². The number of benzene rings is 1. The first-order valence-electron chi connectivity index (χ1n) is 11.3. The Kier molecular flexibility index (Phi) is 5.99. The van der Waals surface area contributed by atoms with Crippen LogP contribution in [-0.2, 0) is 35.1 Å². The number of fused-ring (bicyclic) bond motifs is 3. The summed E-state index contributed by atoms with van der Waals surface area (Å²) in [6, 6.07) is 3.05. The molecule has 3 aliphatic carbocycles. The zero-order valence-electron chi connectivity index (χ0n) is 20.2. The van der Waals surface area contributed by atoms with Crippen molar-refractivity contribution in [2.24, 2.45) is 11.8 Å². The highest BCUT2D eigenvalue weighted by Gasteiger charge is 2.62. The topological polar surface area (TPSA) is 171 Å². The van der Waals surface area contributed by atoms with Crippen molar-refractivity contribution in [1.29, 1.82) is 0 Å². The number of allylic oxidation sites excluding steroid dienone is 1. The van der Waals surface area contributed by atoms with Crippen molar-refractivity contribution in [3.05, 3.63) is 40.2 Å². The maximum absolute atomic E-state index is 13.7. The summed E-state index contributed by atoms with van der Waals surface area (Å²) >= 11 is 0. The largest absolute Gasteiger partial charge is 0.507 e. The SMILES string of the molecule is CC(=O)NC(=O)C1=C(OC(C)=O)CC2CC3Cc4c(N(C)C)ccc(O)c4C(O)=C3C(=O)C2(O)C1=O. The fourth-order valence-electron chi connectivity index (χ4n) is 5.47. The van der Waals surface area contributed by atoms with E-state index in [9.17, 15) is 39.3 Å². The van der Waals surface area contributed by atoms with Gasteiger partial charge in [0.2, 0.25) is 17.5 Å². The predicted molar refractivity (Wildman–Crippen MR) is 124 cm³/mol. The van der Waals surface area contributed by atoms with E-state index in [-0.39, 0.29) is 41.9 Å². The highest BCUT2D eigenvalue weighted by atomic mass is 16.5. The number of Topliss-reactive ketones (excluding diaryl/α,β-unsaturated/α-hetero) is 2. The quantitative estimate of drug-likeness (QED) is 0.264. The highest BCUT2D eigenvalue weighted by Crippen LogP contribution is 2.52. The van der Waals surface area contributed by atoms with E-state index < -0.39 is 58.1 Å². The summed E-state index contributed by atoms with van der Waals surface area (Å²) < 4.78 is 5.11. The molecule has 0 saturated heterocycles. The third-order valence-corrected chi connectivity index (χ3v) is 6.92. The van der Waals surface area contributed by atoms with Crippen LogP contribution in [0, 0.1) is 11.8 Å². The summed E-state index contributed by atoms with van der Waals surface area (Å²) in [6.07, 6.45) is -0.0264. The summed E-state index contributed by atoms with van der Waals surface area (Å²) in [4.78, 5) is 64.8. The van der Waals surface area contributed by atoms with Gasteiger partial charge in [0.15, 0.2) is 5.60 Å². The molecule has 0 aliphatic heterocycles. The van der Waals surface area contributed by atoms with Crippen LogP contribution in [-0.4, -0.2) is 64.4 Å². The number of nitrogens with zero attached hydrogens (tertiary/aromatic N) is 1. The van der Waals surface area contributed by atoms with Gasteiger partial charge in [0.25, 0.3) is 5.91 Å². The number of hydrogen-bond donors (Lipinski definition) is 4. The Bertz CT molecular complexity index is 1310. The van der Waals surface area contributed by atoms with E-state index in [4.69, 9.17) is 4.74 Å². The van der Waals surface area contributed by atoms with Gasteiger partial charge in [-0.15, -0.1) is 0 Å². The van der Waals surface area contributed by atoms with E-state index in [0.717, 1.165) is 13.8 Å².